The van der Waals surface area contributed by atoms with Gasteiger partial charge in [-0.3, -0.25) is 9.36 Å². The summed E-state index contributed by atoms with van der Waals surface area (Å²) in [6.45, 7) is 5.87. The van der Waals surface area contributed by atoms with Crippen molar-refractivity contribution < 1.29 is 9.21 Å². The summed E-state index contributed by atoms with van der Waals surface area (Å²) in [7, 11) is 0. The van der Waals surface area contributed by atoms with E-state index in [4.69, 9.17) is 4.42 Å². The number of nitrogens with one attached hydrogen (secondary N) is 1. The van der Waals surface area contributed by atoms with Crippen molar-refractivity contribution in [2.45, 2.75) is 33.7 Å². The standard InChI is InChI=1S/C15H19N3O3/c1-10-8-11(2)18(15(20)17-10)9-14(19)16-7-6-13-5-4-12(3)21-13/h4-5,8H,6-7,9H2,1-3H3,(H,16,19). The molecule has 1 N–H and O–H groups in total. The van der Waals surface area contributed by atoms with E-state index in [9.17, 15) is 9.59 Å². The third kappa shape index (κ3) is 4.05. The van der Waals surface area contributed by atoms with E-state index in [1.807, 2.05) is 19.1 Å². The summed E-state index contributed by atoms with van der Waals surface area (Å²) in [6.07, 6.45) is 0.625. The summed E-state index contributed by atoms with van der Waals surface area (Å²) in [5.74, 6) is 1.47. The Hall–Kier alpha value is -2.37. The summed E-state index contributed by atoms with van der Waals surface area (Å²) in [4.78, 5) is 27.4. The first-order valence-electron chi connectivity index (χ1n) is 6.83. The van der Waals surface area contributed by atoms with Crippen molar-refractivity contribution in [3.8, 4) is 0 Å². The maximum Gasteiger partial charge on any atom is 0.348 e. The predicted molar refractivity (Wildman–Crippen MR) is 78.1 cm³/mol. The van der Waals surface area contributed by atoms with E-state index in [2.05, 4.69) is 10.3 Å². The second-order valence-electron chi connectivity index (χ2n) is 5.02. The Morgan fingerprint density at radius 3 is 2.71 bits per heavy atom. The first kappa shape index (κ1) is 15.0. The van der Waals surface area contributed by atoms with Gasteiger partial charge in [-0.25, -0.2) is 4.79 Å². The second-order valence-corrected chi connectivity index (χ2v) is 5.02. The zero-order valence-electron chi connectivity index (χ0n) is 12.5. The van der Waals surface area contributed by atoms with Gasteiger partial charge in [-0.2, -0.15) is 4.98 Å². The van der Waals surface area contributed by atoms with Gasteiger partial charge in [0.05, 0.1) is 0 Å². The van der Waals surface area contributed by atoms with E-state index in [-0.39, 0.29) is 12.5 Å². The van der Waals surface area contributed by atoms with Crippen LogP contribution in [0.3, 0.4) is 0 Å². The minimum atomic E-state index is -0.399. The Morgan fingerprint density at radius 1 is 1.33 bits per heavy atom. The van der Waals surface area contributed by atoms with Gasteiger partial charge < -0.3 is 9.73 Å². The molecule has 0 fully saturated rings. The quantitative estimate of drug-likeness (QED) is 0.895. The first-order chi connectivity index (χ1) is 9.95. The fraction of sp³-hybridized carbons (Fsp3) is 0.400. The van der Waals surface area contributed by atoms with Gasteiger partial charge in [0.1, 0.15) is 18.1 Å². The molecular weight excluding hydrogens is 270 g/mol. The molecule has 0 spiro atoms. The van der Waals surface area contributed by atoms with Gasteiger partial charge in [0, 0.05) is 24.4 Å². The lowest BCUT2D eigenvalue weighted by atomic mass is 10.3. The van der Waals surface area contributed by atoms with E-state index in [1.54, 1.807) is 19.9 Å². The van der Waals surface area contributed by atoms with Crippen molar-refractivity contribution in [2.75, 3.05) is 6.54 Å². The molecule has 2 aromatic heterocycles. The molecule has 6 nitrogen and oxygen atoms in total. The molecule has 0 atom stereocenters. The number of nitrogens with zero attached hydrogens (tertiary/aromatic N) is 2. The fourth-order valence-electron chi connectivity index (χ4n) is 2.11. The lowest BCUT2D eigenvalue weighted by Crippen LogP contribution is -2.35. The Balaban J connectivity index is 1.89. The number of aryl methyl sites for hydroxylation is 3. The third-order valence-electron chi connectivity index (χ3n) is 3.14. The summed E-state index contributed by atoms with van der Waals surface area (Å²) in [5.41, 5.74) is 0.982. The zero-order valence-corrected chi connectivity index (χ0v) is 12.5. The van der Waals surface area contributed by atoms with Crippen molar-refractivity contribution in [2.24, 2.45) is 0 Å². The topological polar surface area (TPSA) is 77.1 Å². The monoisotopic (exact) mass is 289 g/mol. The summed E-state index contributed by atoms with van der Waals surface area (Å²) in [5, 5.41) is 2.77. The smallest absolute Gasteiger partial charge is 0.348 e. The van der Waals surface area contributed by atoms with Gasteiger partial charge >= 0.3 is 5.69 Å². The fourth-order valence-corrected chi connectivity index (χ4v) is 2.11. The van der Waals surface area contributed by atoms with E-state index in [0.717, 1.165) is 17.2 Å². The number of carbonyl (C=O) groups is 1. The molecule has 0 unspecified atom stereocenters. The van der Waals surface area contributed by atoms with Crippen LogP contribution < -0.4 is 11.0 Å². The number of rotatable bonds is 5. The molecule has 0 radical (unpaired) electrons. The Kier molecular flexibility index (Phi) is 4.57. The van der Waals surface area contributed by atoms with Crippen LogP contribution in [-0.2, 0) is 17.8 Å². The predicted octanol–water partition coefficient (Wildman–Crippen LogP) is 1.12. The van der Waals surface area contributed by atoms with E-state index in [0.29, 0.717) is 18.7 Å². The highest BCUT2D eigenvalue weighted by atomic mass is 16.3. The van der Waals surface area contributed by atoms with Crippen LogP contribution in [0.5, 0.6) is 0 Å². The van der Waals surface area contributed by atoms with Gasteiger partial charge in [0.25, 0.3) is 0 Å². The Bertz CT molecular complexity index is 700. The molecular formula is C15H19N3O3. The van der Waals surface area contributed by atoms with Crippen LogP contribution in [0.4, 0.5) is 0 Å². The Labute approximate surface area is 122 Å². The van der Waals surface area contributed by atoms with Crippen LogP contribution in [0.1, 0.15) is 22.9 Å². The number of hydrogen-bond acceptors (Lipinski definition) is 4. The van der Waals surface area contributed by atoms with Gasteiger partial charge in [0.15, 0.2) is 0 Å². The van der Waals surface area contributed by atoms with Gasteiger partial charge in [-0.15, -0.1) is 0 Å². The Morgan fingerprint density at radius 2 is 2.10 bits per heavy atom. The maximum absolute atomic E-state index is 11.9. The number of aromatic nitrogens is 2. The van der Waals surface area contributed by atoms with Crippen molar-refractivity contribution in [1.82, 2.24) is 14.9 Å². The summed E-state index contributed by atoms with van der Waals surface area (Å²) in [6, 6.07) is 5.55. The van der Waals surface area contributed by atoms with Crippen molar-refractivity contribution in [3.63, 3.8) is 0 Å². The summed E-state index contributed by atoms with van der Waals surface area (Å²) < 4.78 is 6.78. The number of carbonyl (C=O) groups excluding carboxylic acids is 1. The summed E-state index contributed by atoms with van der Waals surface area (Å²) >= 11 is 0. The molecule has 0 aromatic carbocycles. The molecule has 2 rings (SSSR count). The van der Waals surface area contributed by atoms with Crippen LogP contribution in [0.15, 0.2) is 27.4 Å². The van der Waals surface area contributed by atoms with Crippen LogP contribution in [0.2, 0.25) is 0 Å². The van der Waals surface area contributed by atoms with Crippen molar-refractivity contribution in [3.05, 3.63) is 51.6 Å². The second kappa shape index (κ2) is 6.39. The highest BCUT2D eigenvalue weighted by Crippen LogP contribution is 2.06. The van der Waals surface area contributed by atoms with Crippen LogP contribution in [0.25, 0.3) is 0 Å². The van der Waals surface area contributed by atoms with Gasteiger partial charge in [-0.05, 0) is 39.0 Å². The maximum atomic E-state index is 11.9. The largest absolute Gasteiger partial charge is 0.466 e. The lowest BCUT2D eigenvalue weighted by molar-refractivity contribution is -0.121. The van der Waals surface area contributed by atoms with Gasteiger partial charge in [-0.1, -0.05) is 0 Å². The van der Waals surface area contributed by atoms with Crippen LogP contribution in [0, 0.1) is 20.8 Å². The van der Waals surface area contributed by atoms with E-state index in [1.165, 1.54) is 4.57 Å². The van der Waals surface area contributed by atoms with Crippen LogP contribution >= 0.6 is 0 Å². The third-order valence-corrected chi connectivity index (χ3v) is 3.14. The molecule has 2 aromatic rings. The number of amides is 1. The molecule has 0 aliphatic heterocycles. The van der Waals surface area contributed by atoms with Crippen molar-refractivity contribution in [1.29, 1.82) is 0 Å². The first-order valence-corrected chi connectivity index (χ1v) is 6.83. The minimum Gasteiger partial charge on any atom is -0.466 e. The highest BCUT2D eigenvalue weighted by Gasteiger charge is 2.08. The molecule has 0 aliphatic rings. The SMILES string of the molecule is Cc1cc(C)n(CC(=O)NCCc2ccc(C)o2)c(=O)n1. The molecule has 6 heteroatoms. The molecule has 112 valence electrons. The highest BCUT2D eigenvalue weighted by molar-refractivity contribution is 5.75. The van der Waals surface area contributed by atoms with E-state index >= 15 is 0 Å². The average molecular weight is 289 g/mol. The normalized spacial score (nSPS) is 10.6. The van der Waals surface area contributed by atoms with Gasteiger partial charge in [0.2, 0.25) is 5.91 Å². The lowest BCUT2D eigenvalue weighted by Gasteiger charge is -2.09. The molecule has 1 amide bonds. The molecule has 0 saturated carbocycles. The average Bonchev–Trinajstić information content (AvgIpc) is 2.79. The molecule has 2 heterocycles. The number of furan rings is 1. The zero-order chi connectivity index (χ0) is 15.4. The molecule has 21 heavy (non-hydrogen) atoms. The molecule has 0 saturated heterocycles. The minimum absolute atomic E-state index is 0.0187. The van der Waals surface area contributed by atoms with Crippen LogP contribution in [-0.4, -0.2) is 22.0 Å². The van der Waals surface area contributed by atoms with Crippen molar-refractivity contribution >= 4 is 5.91 Å². The molecule has 0 bridgehead atoms. The van der Waals surface area contributed by atoms with E-state index < -0.39 is 5.69 Å². The number of hydrogen-bond donors (Lipinski definition) is 1. The molecule has 0 aliphatic carbocycles.